The molecule has 0 saturated heterocycles. The number of nitrogens with zero attached hydrogens (tertiary/aromatic N) is 3. The average Bonchev–Trinajstić information content (AvgIpc) is 3.30. The smallest absolute Gasteiger partial charge is 0.240 e. The fourth-order valence-electron chi connectivity index (χ4n) is 2.77. The number of sulfonamides is 1. The van der Waals surface area contributed by atoms with Gasteiger partial charge in [0.15, 0.2) is 5.82 Å². The van der Waals surface area contributed by atoms with Crippen molar-refractivity contribution >= 4 is 37.9 Å². The van der Waals surface area contributed by atoms with E-state index in [1.54, 1.807) is 28.8 Å². The van der Waals surface area contributed by atoms with E-state index < -0.39 is 10.0 Å². The number of methoxy groups -OCH3 is 1. The van der Waals surface area contributed by atoms with Gasteiger partial charge in [-0.25, -0.2) is 17.7 Å². The predicted octanol–water partition coefficient (Wildman–Crippen LogP) is 3.64. The number of ether oxygens (including phenoxy) is 1. The van der Waals surface area contributed by atoms with Crippen molar-refractivity contribution in [2.75, 3.05) is 13.7 Å². The molecule has 0 unspecified atom stereocenters. The zero-order chi connectivity index (χ0) is 20.4. The largest absolute Gasteiger partial charge is 0.497 e. The second-order valence-corrected chi connectivity index (χ2v) is 9.23. The van der Waals surface area contributed by atoms with Crippen molar-refractivity contribution in [1.82, 2.24) is 19.3 Å². The summed E-state index contributed by atoms with van der Waals surface area (Å²) < 4.78 is 34.3. The zero-order valence-electron chi connectivity index (χ0n) is 15.4. The Bertz CT molecular complexity index is 1230. The SMILES string of the molecule is COc1ccc(S(=O)(=O)NCCc2csc3nc(-c4ccc(Cl)cc4)nn23)cc1. The van der Waals surface area contributed by atoms with Gasteiger partial charge in [-0.2, -0.15) is 4.98 Å². The summed E-state index contributed by atoms with van der Waals surface area (Å²) in [7, 11) is -2.06. The van der Waals surface area contributed by atoms with Crippen molar-refractivity contribution in [3.8, 4) is 17.1 Å². The minimum Gasteiger partial charge on any atom is -0.497 e. The summed E-state index contributed by atoms with van der Waals surface area (Å²) in [5.74, 6) is 1.21. The third-order valence-corrected chi connectivity index (χ3v) is 6.89. The standard InChI is InChI=1S/C19H17ClN4O3S2/c1-27-16-6-8-17(9-7-16)29(25,26)21-11-10-15-12-28-19-22-18(23-24(15)19)13-2-4-14(20)5-3-13/h2-9,12,21H,10-11H2,1H3. The van der Waals surface area contributed by atoms with Crippen molar-refractivity contribution < 1.29 is 13.2 Å². The third-order valence-electron chi connectivity index (χ3n) is 4.30. The van der Waals surface area contributed by atoms with Crippen LogP contribution in [0.5, 0.6) is 5.75 Å². The summed E-state index contributed by atoms with van der Waals surface area (Å²) in [5.41, 5.74) is 1.76. The van der Waals surface area contributed by atoms with E-state index in [0.717, 1.165) is 16.2 Å². The van der Waals surface area contributed by atoms with Gasteiger partial charge in [-0.3, -0.25) is 0 Å². The number of benzene rings is 2. The Morgan fingerprint density at radius 2 is 1.86 bits per heavy atom. The van der Waals surface area contributed by atoms with Crippen LogP contribution in [0.25, 0.3) is 16.3 Å². The first-order valence-electron chi connectivity index (χ1n) is 8.69. The summed E-state index contributed by atoms with van der Waals surface area (Å²) in [6.07, 6.45) is 0.485. The number of fused-ring (bicyclic) bond motifs is 1. The molecule has 0 saturated carbocycles. The molecule has 0 aliphatic rings. The van der Waals surface area contributed by atoms with E-state index in [1.807, 2.05) is 17.5 Å². The fourth-order valence-corrected chi connectivity index (χ4v) is 4.78. The van der Waals surface area contributed by atoms with E-state index in [0.29, 0.717) is 23.0 Å². The Morgan fingerprint density at radius 1 is 1.14 bits per heavy atom. The van der Waals surface area contributed by atoms with Crippen LogP contribution in [-0.2, 0) is 16.4 Å². The molecule has 10 heteroatoms. The van der Waals surface area contributed by atoms with Crippen LogP contribution in [0, 0.1) is 0 Å². The highest BCUT2D eigenvalue weighted by atomic mass is 35.5. The molecule has 29 heavy (non-hydrogen) atoms. The van der Waals surface area contributed by atoms with Crippen LogP contribution < -0.4 is 9.46 Å². The molecule has 0 aliphatic heterocycles. The number of hydrogen-bond acceptors (Lipinski definition) is 6. The van der Waals surface area contributed by atoms with Gasteiger partial charge in [0.05, 0.1) is 17.7 Å². The Labute approximate surface area is 177 Å². The van der Waals surface area contributed by atoms with Crippen LogP contribution in [-0.4, -0.2) is 36.7 Å². The van der Waals surface area contributed by atoms with Gasteiger partial charge in [0.1, 0.15) is 5.75 Å². The van der Waals surface area contributed by atoms with E-state index in [2.05, 4.69) is 14.8 Å². The highest BCUT2D eigenvalue weighted by Crippen LogP contribution is 2.22. The van der Waals surface area contributed by atoms with E-state index in [-0.39, 0.29) is 11.4 Å². The first-order valence-corrected chi connectivity index (χ1v) is 11.4. The van der Waals surface area contributed by atoms with Crippen LogP contribution in [0.2, 0.25) is 5.02 Å². The molecule has 0 atom stereocenters. The van der Waals surface area contributed by atoms with Crippen LogP contribution in [0.1, 0.15) is 5.69 Å². The van der Waals surface area contributed by atoms with Crippen molar-refractivity contribution in [2.45, 2.75) is 11.3 Å². The van der Waals surface area contributed by atoms with Crippen LogP contribution in [0.4, 0.5) is 0 Å². The van der Waals surface area contributed by atoms with Crippen molar-refractivity contribution in [3.05, 3.63) is 64.6 Å². The molecule has 2 aromatic heterocycles. The van der Waals surface area contributed by atoms with Crippen molar-refractivity contribution in [2.24, 2.45) is 0 Å². The molecule has 150 valence electrons. The Balaban J connectivity index is 1.46. The molecule has 4 rings (SSSR count). The highest BCUT2D eigenvalue weighted by Gasteiger charge is 2.15. The maximum Gasteiger partial charge on any atom is 0.240 e. The zero-order valence-corrected chi connectivity index (χ0v) is 17.8. The lowest BCUT2D eigenvalue weighted by atomic mass is 10.2. The van der Waals surface area contributed by atoms with E-state index >= 15 is 0 Å². The van der Waals surface area contributed by atoms with Gasteiger partial charge in [-0.15, -0.1) is 16.4 Å². The molecule has 4 aromatic rings. The molecular formula is C19H17ClN4O3S2. The normalized spacial score (nSPS) is 11.8. The molecule has 2 heterocycles. The first kappa shape index (κ1) is 19.8. The molecular weight excluding hydrogens is 432 g/mol. The molecule has 0 fully saturated rings. The number of nitrogens with one attached hydrogen (secondary N) is 1. The number of halogens is 1. The van der Waals surface area contributed by atoms with Gasteiger partial charge in [0.2, 0.25) is 15.0 Å². The Hall–Kier alpha value is -2.46. The highest BCUT2D eigenvalue weighted by molar-refractivity contribution is 7.89. The number of aromatic nitrogens is 3. The Morgan fingerprint density at radius 3 is 2.55 bits per heavy atom. The number of rotatable bonds is 7. The number of thiazole rings is 1. The minimum absolute atomic E-state index is 0.194. The number of hydrogen-bond donors (Lipinski definition) is 1. The van der Waals surface area contributed by atoms with Gasteiger partial charge in [0, 0.05) is 28.9 Å². The molecule has 0 amide bonds. The second kappa shape index (κ2) is 8.11. The third kappa shape index (κ3) is 4.27. The van der Waals surface area contributed by atoms with Gasteiger partial charge >= 0.3 is 0 Å². The van der Waals surface area contributed by atoms with Crippen LogP contribution in [0.3, 0.4) is 0 Å². The van der Waals surface area contributed by atoms with Crippen molar-refractivity contribution in [3.63, 3.8) is 0 Å². The minimum atomic E-state index is -3.59. The summed E-state index contributed by atoms with van der Waals surface area (Å²) in [5, 5.41) is 7.13. The maximum absolute atomic E-state index is 12.4. The van der Waals surface area contributed by atoms with Gasteiger partial charge in [-0.05, 0) is 48.5 Å². The monoisotopic (exact) mass is 448 g/mol. The topological polar surface area (TPSA) is 85.6 Å². The van der Waals surface area contributed by atoms with Crippen LogP contribution >= 0.6 is 22.9 Å². The van der Waals surface area contributed by atoms with E-state index in [4.69, 9.17) is 16.3 Å². The van der Waals surface area contributed by atoms with E-state index in [9.17, 15) is 8.42 Å². The quantitative estimate of drug-likeness (QED) is 0.466. The fraction of sp³-hybridized carbons (Fsp3) is 0.158. The second-order valence-electron chi connectivity index (χ2n) is 6.19. The summed E-state index contributed by atoms with van der Waals surface area (Å²) >= 11 is 7.39. The lowest BCUT2D eigenvalue weighted by Gasteiger charge is -2.07. The molecule has 0 aliphatic carbocycles. The summed E-state index contributed by atoms with van der Waals surface area (Å²) in [4.78, 5) is 5.48. The van der Waals surface area contributed by atoms with Gasteiger partial charge in [0.25, 0.3) is 0 Å². The molecule has 0 bridgehead atoms. The lowest BCUT2D eigenvalue weighted by molar-refractivity contribution is 0.414. The molecule has 7 nitrogen and oxygen atoms in total. The first-order chi connectivity index (χ1) is 14.0. The average molecular weight is 449 g/mol. The summed E-state index contributed by atoms with van der Waals surface area (Å²) in [6, 6.07) is 13.6. The molecule has 0 spiro atoms. The molecule has 0 radical (unpaired) electrons. The van der Waals surface area contributed by atoms with Gasteiger partial charge < -0.3 is 4.74 Å². The summed E-state index contributed by atoms with van der Waals surface area (Å²) in [6.45, 7) is 0.246. The van der Waals surface area contributed by atoms with Crippen molar-refractivity contribution in [1.29, 1.82) is 0 Å². The van der Waals surface area contributed by atoms with Gasteiger partial charge in [-0.1, -0.05) is 11.6 Å². The van der Waals surface area contributed by atoms with E-state index in [1.165, 1.54) is 30.6 Å². The molecule has 1 N–H and O–H groups in total. The van der Waals surface area contributed by atoms with Crippen LogP contribution in [0.15, 0.2) is 58.8 Å². The predicted molar refractivity (Wildman–Crippen MR) is 113 cm³/mol. The lowest BCUT2D eigenvalue weighted by Crippen LogP contribution is -2.26. The maximum atomic E-state index is 12.4. The molecule has 2 aromatic carbocycles. The Kier molecular flexibility index (Phi) is 5.55.